The molecule has 0 aromatic heterocycles. The Morgan fingerprint density at radius 1 is 1.05 bits per heavy atom. The van der Waals surface area contributed by atoms with E-state index in [1.165, 1.54) is 17.0 Å². The number of carbonyl (C=O) groups is 4. The van der Waals surface area contributed by atoms with Crippen LogP contribution in [0.1, 0.15) is 97.6 Å². The van der Waals surface area contributed by atoms with Gasteiger partial charge in [0.15, 0.2) is 0 Å². The summed E-state index contributed by atoms with van der Waals surface area (Å²) in [6, 6.07) is 4.03. The molecule has 10 nitrogen and oxygen atoms in total. The van der Waals surface area contributed by atoms with Gasteiger partial charge in [-0.05, 0) is 57.7 Å². The number of ether oxygens (including phenoxy) is 1. The van der Waals surface area contributed by atoms with Crippen molar-refractivity contribution in [3.8, 4) is 5.75 Å². The first-order valence-corrected chi connectivity index (χ1v) is 13.5. The number of nitrogens with zero attached hydrogens (tertiary/aromatic N) is 1. The number of hydrogen-bond donors (Lipinski definition) is 4. The lowest BCUT2D eigenvalue weighted by atomic mass is 10.0. The number of alkyl carbamates (subject to hydrolysis) is 1. The number of unbranched alkanes of at least 4 members (excludes halogenated alkanes) is 4. The van der Waals surface area contributed by atoms with Crippen molar-refractivity contribution in [1.29, 1.82) is 0 Å². The molecule has 0 saturated carbocycles. The fourth-order valence-corrected chi connectivity index (χ4v) is 3.94. The minimum atomic E-state index is -1.15. The van der Waals surface area contributed by atoms with E-state index in [2.05, 4.69) is 17.6 Å². The van der Waals surface area contributed by atoms with E-state index >= 15 is 0 Å². The summed E-state index contributed by atoms with van der Waals surface area (Å²) < 4.78 is 5.34. The highest BCUT2D eigenvalue weighted by Gasteiger charge is 2.36. The zero-order valence-corrected chi connectivity index (χ0v) is 23.5. The van der Waals surface area contributed by atoms with Gasteiger partial charge in [-0.2, -0.15) is 0 Å². The largest absolute Gasteiger partial charge is 0.508 e. The molecular weight excluding hydrogens is 488 g/mol. The van der Waals surface area contributed by atoms with E-state index in [1.54, 1.807) is 32.9 Å². The van der Waals surface area contributed by atoms with Gasteiger partial charge in [-0.25, -0.2) is 4.79 Å². The molecule has 4 amide bonds. The van der Waals surface area contributed by atoms with Gasteiger partial charge in [-0.3, -0.25) is 14.4 Å². The molecule has 2 unspecified atom stereocenters. The third-order valence-electron chi connectivity index (χ3n) is 5.78. The number of phenols is 1. The van der Waals surface area contributed by atoms with Crippen LogP contribution in [-0.2, 0) is 19.1 Å². The fraction of sp³-hybridized carbons (Fsp3) is 0.643. The molecule has 2 atom stereocenters. The Morgan fingerprint density at radius 3 is 2.29 bits per heavy atom. The highest BCUT2D eigenvalue weighted by Crippen LogP contribution is 2.26. The molecule has 1 aromatic rings. The lowest BCUT2D eigenvalue weighted by molar-refractivity contribution is -0.142. The van der Waals surface area contributed by atoms with Crippen LogP contribution in [0.25, 0.3) is 0 Å². The van der Waals surface area contributed by atoms with Crippen molar-refractivity contribution in [3.63, 3.8) is 0 Å². The molecule has 0 aliphatic carbocycles. The molecule has 10 heteroatoms. The first-order valence-electron chi connectivity index (χ1n) is 13.5. The standard InChI is InChI=1S/C28H46N4O6/c1-6-8-10-17-30-25(35)24(20-13-12-14-21(33)19-20)32(18-11-9-7-2)26(36)22(15-16-23(29)34)31-27(37)38-28(3,4)5/h12-14,19,22,24,33H,6-11,15-18H2,1-5H3,(H2,29,34)(H,30,35)(H,31,37). The van der Waals surface area contributed by atoms with E-state index in [0.29, 0.717) is 18.5 Å². The predicted molar refractivity (Wildman–Crippen MR) is 146 cm³/mol. The highest BCUT2D eigenvalue weighted by atomic mass is 16.6. The third-order valence-corrected chi connectivity index (χ3v) is 5.78. The second-order valence-electron chi connectivity index (χ2n) is 10.4. The normalized spacial score (nSPS) is 12.8. The molecule has 0 fully saturated rings. The summed E-state index contributed by atoms with van der Waals surface area (Å²) in [7, 11) is 0. The summed E-state index contributed by atoms with van der Waals surface area (Å²) in [6.45, 7) is 9.87. The summed E-state index contributed by atoms with van der Waals surface area (Å²) in [4.78, 5) is 53.1. The van der Waals surface area contributed by atoms with Gasteiger partial charge in [-0.1, -0.05) is 51.7 Å². The lowest BCUT2D eigenvalue weighted by Crippen LogP contribution is -2.53. The number of aromatic hydroxyl groups is 1. The van der Waals surface area contributed by atoms with E-state index in [1.807, 2.05) is 6.92 Å². The van der Waals surface area contributed by atoms with Gasteiger partial charge in [0, 0.05) is 19.5 Å². The molecule has 1 rings (SSSR count). The molecule has 0 bridgehead atoms. The minimum Gasteiger partial charge on any atom is -0.508 e. The van der Waals surface area contributed by atoms with Gasteiger partial charge in [0.2, 0.25) is 17.7 Å². The quantitative estimate of drug-likeness (QED) is 0.236. The highest BCUT2D eigenvalue weighted by molar-refractivity contribution is 5.92. The first kappa shape index (κ1) is 32.7. The maximum Gasteiger partial charge on any atom is 0.408 e. The molecule has 0 saturated heterocycles. The van der Waals surface area contributed by atoms with Crippen LogP contribution >= 0.6 is 0 Å². The number of hydrogen-bond acceptors (Lipinski definition) is 6. The zero-order valence-electron chi connectivity index (χ0n) is 23.5. The van der Waals surface area contributed by atoms with Crippen molar-refractivity contribution < 1.29 is 29.0 Å². The summed E-state index contributed by atoms with van der Waals surface area (Å²) >= 11 is 0. The van der Waals surface area contributed by atoms with Crippen LogP contribution in [0.2, 0.25) is 0 Å². The number of benzene rings is 1. The number of primary amides is 1. The molecule has 0 heterocycles. The smallest absolute Gasteiger partial charge is 0.408 e. The topological polar surface area (TPSA) is 151 Å². The monoisotopic (exact) mass is 534 g/mol. The van der Waals surface area contributed by atoms with Gasteiger partial charge in [0.1, 0.15) is 23.4 Å². The van der Waals surface area contributed by atoms with Crippen LogP contribution < -0.4 is 16.4 Å². The van der Waals surface area contributed by atoms with Crippen LogP contribution in [0.5, 0.6) is 5.75 Å². The van der Waals surface area contributed by atoms with E-state index in [9.17, 15) is 24.3 Å². The van der Waals surface area contributed by atoms with Gasteiger partial charge in [0.05, 0.1) is 0 Å². The van der Waals surface area contributed by atoms with Crippen LogP contribution in [0.4, 0.5) is 4.79 Å². The minimum absolute atomic E-state index is 0.0376. The third kappa shape index (κ3) is 12.3. The van der Waals surface area contributed by atoms with Crippen LogP contribution in [0, 0.1) is 0 Å². The maximum absolute atomic E-state index is 14.0. The van der Waals surface area contributed by atoms with Crippen molar-refractivity contribution in [1.82, 2.24) is 15.5 Å². The Kier molecular flexibility index (Phi) is 14.2. The molecule has 5 N–H and O–H groups in total. The van der Waals surface area contributed by atoms with E-state index in [-0.39, 0.29) is 31.0 Å². The number of carbonyl (C=O) groups excluding carboxylic acids is 4. The molecule has 1 aromatic carbocycles. The summed E-state index contributed by atoms with van der Waals surface area (Å²) in [5.41, 5.74) is 4.98. The maximum atomic E-state index is 14.0. The Labute approximate surface area is 226 Å². The molecular formula is C28H46N4O6. The number of nitrogens with two attached hydrogens (primary N) is 1. The van der Waals surface area contributed by atoms with Crippen molar-refractivity contribution in [2.24, 2.45) is 5.73 Å². The van der Waals surface area contributed by atoms with Gasteiger partial charge in [0.25, 0.3) is 0 Å². The number of nitrogens with one attached hydrogen (secondary N) is 2. The fourth-order valence-electron chi connectivity index (χ4n) is 3.94. The Balaban J connectivity index is 3.43. The molecule has 38 heavy (non-hydrogen) atoms. The summed E-state index contributed by atoms with van der Waals surface area (Å²) in [6.07, 6.45) is 4.06. The summed E-state index contributed by atoms with van der Waals surface area (Å²) in [5, 5.41) is 15.6. The van der Waals surface area contributed by atoms with Crippen molar-refractivity contribution in [3.05, 3.63) is 29.8 Å². The molecule has 0 radical (unpaired) electrons. The SMILES string of the molecule is CCCCCNC(=O)C(c1cccc(O)c1)N(CCCCC)C(=O)C(CCC(N)=O)NC(=O)OC(C)(C)C. The summed E-state index contributed by atoms with van der Waals surface area (Å²) in [5.74, 6) is -1.58. The first-order chi connectivity index (χ1) is 17.9. The molecule has 0 aliphatic rings. The van der Waals surface area contributed by atoms with Crippen molar-refractivity contribution in [2.75, 3.05) is 13.1 Å². The second kappa shape index (κ2) is 16.5. The van der Waals surface area contributed by atoms with Gasteiger partial charge >= 0.3 is 6.09 Å². The predicted octanol–water partition coefficient (Wildman–Crippen LogP) is 3.92. The number of phenolic OH excluding ortho intramolecular Hbond substituents is 1. The average Bonchev–Trinajstić information content (AvgIpc) is 2.82. The Bertz CT molecular complexity index is 915. The van der Waals surface area contributed by atoms with E-state index in [4.69, 9.17) is 10.5 Å². The van der Waals surface area contributed by atoms with Gasteiger partial charge < -0.3 is 31.1 Å². The van der Waals surface area contributed by atoms with Crippen molar-refractivity contribution >= 4 is 23.8 Å². The van der Waals surface area contributed by atoms with E-state index < -0.39 is 35.6 Å². The van der Waals surface area contributed by atoms with E-state index in [0.717, 1.165) is 32.1 Å². The molecule has 0 spiro atoms. The molecule has 214 valence electrons. The lowest BCUT2D eigenvalue weighted by Gasteiger charge is -2.34. The van der Waals surface area contributed by atoms with Crippen LogP contribution in [0.3, 0.4) is 0 Å². The second-order valence-corrected chi connectivity index (χ2v) is 10.4. The van der Waals surface area contributed by atoms with Crippen LogP contribution in [0.15, 0.2) is 24.3 Å². The Hall–Kier alpha value is -3.30. The number of rotatable bonds is 16. The zero-order chi connectivity index (χ0) is 28.7. The van der Waals surface area contributed by atoms with Gasteiger partial charge in [-0.15, -0.1) is 0 Å². The van der Waals surface area contributed by atoms with Crippen molar-refractivity contribution in [2.45, 2.75) is 104 Å². The molecule has 0 aliphatic heterocycles. The average molecular weight is 535 g/mol. The number of amides is 4. The Morgan fingerprint density at radius 2 is 1.71 bits per heavy atom. The van der Waals surface area contributed by atoms with Crippen LogP contribution in [-0.4, -0.2) is 58.6 Å².